The van der Waals surface area contributed by atoms with Gasteiger partial charge in [0, 0.05) is 6.54 Å². The van der Waals surface area contributed by atoms with Gasteiger partial charge in [-0.05, 0) is 12.0 Å². The molecule has 3 aliphatic rings. The minimum atomic E-state index is -0.662. The van der Waals surface area contributed by atoms with Crippen molar-refractivity contribution in [2.75, 3.05) is 13.2 Å². The number of carbonyl (C=O) groups excluding carboxylic acids is 2. The van der Waals surface area contributed by atoms with E-state index in [1.807, 2.05) is 49.4 Å². The zero-order valence-corrected chi connectivity index (χ0v) is 14.4. The predicted molar refractivity (Wildman–Crippen MR) is 91.5 cm³/mol. The van der Waals surface area contributed by atoms with E-state index in [1.54, 1.807) is 4.90 Å². The van der Waals surface area contributed by atoms with Crippen molar-refractivity contribution in [3.8, 4) is 0 Å². The molecule has 132 valence electrons. The molecule has 0 saturated carbocycles. The standard InChI is InChI=1S/C20H23NO4/c1-2-3-11-24-19(23)16-15-9-10-20(25-15)13-21(18(22)17(16)20)12-14-7-5-4-6-8-14/h4-10,15-17H,2-3,11-13H2,1H3/t15-,16+,17+,20+/m1/s1. The lowest BCUT2D eigenvalue weighted by Gasteiger charge is -2.22. The first kappa shape index (κ1) is 16.3. The number of unbranched alkanes of at least 4 members (excludes halogenated alkanes) is 1. The normalized spacial score (nSPS) is 32.3. The third-order valence-electron chi connectivity index (χ3n) is 5.41. The molecule has 2 bridgehead atoms. The Morgan fingerprint density at radius 3 is 2.92 bits per heavy atom. The molecule has 2 fully saturated rings. The average molecular weight is 341 g/mol. The maximum absolute atomic E-state index is 13.0. The molecular weight excluding hydrogens is 318 g/mol. The number of nitrogens with zero attached hydrogens (tertiary/aromatic N) is 1. The van der Waals surface area contributed by atoms with Crippen molar-refractivity contribution in [3.05, 3.63) is 48.0 Å². The molecule has 1 aromatic carbocycles. The molecule has 25 heavy (non-hydrogen) atoms. The molecule has 3 heterocycles. The molecule has 1 amide bonds. The van der Waals surface area contributed by atoms with Crippen LogP contribution in [-0.2, 0) is 25.6 Å². The van der Waals surface area contributed by atoms with Crippen molar-refractivity contribution >= 4 is 11.9 Å². The lowest BCUT2D eigenvalue weighted by atomic mass is 9.77. The third kappa shape index (κ3) is 2.67. The minimum Gasteiger partial charge on any atom is -0.465 e. The number of likely N-dealkylation sites (tertiary alicyclic amines) is 1. The molecule has 0 aromatic heterocycles. The Morgan fingerprint density at radius 2 is 2.16 bits per heavy atom. The molecule has 0 radical (unpaired) electrons. The van der Waals surface area contributed by atoms with Gasteiger partial charge in [-0.15, -0.1) is 0 Å². The molecule has 4 rings (SSSR count). The van der Waals surface area contributed by atoms with Crippen molar-refractivity contribution in [3.63, 3.8) is 0 Å². The molecule has 0 unspecified atom stereocenters. The Bertz CT molecular complexity index is 701. The second kappa shape index (κ2) is 6.30. The van der Waals surface area contributed by atoms with Crippen LogP contribution in [-0.4, -0.2) is 41.6 Å². The van der Waals surface area contributed by atoms with Crippen molar-refractivity contribution in [1.29, 1.82) is 0 Å². The highest BCUT2D eigenvalue weighted by molar-refractivity contribution is 5.91. The zero-order valence-electron chi connectivity index (χ0n) is 14.4. The molecule has 0 N–H and O–H groups in total. The second-order valence-corrected chi connectivity index (χ2v) is 7.10. The van der Waals surface area contributed by atoms with Crippen LogP contribution in [0.1, 0.15) is 25.3 Å². The van der Waals surface area contributed by atoms with Gasteiger partial charge in [-0.1, -0.05) is 55.8 Å². The van der Waals surface area contributed by atoms with Crippen LogP contribution >= 0.6 is 0 Å². The zero-order chi connectivity index (χ0) is 17.4. The summed E-state index contributed by atoms with van der Waals surface area (Å²) in [5.41, 5.74) is 0.415. The highest BCUT2D eigenvalue weighted by Gasteiger charge is 2.67. The maximum atomic E-state index is 13.0. The Hall–Kier alpha value is -2.14. The van der Waals surface area contributed by atoms with E-state index < -0.39 is 17.4 Å². The largest absolute Gasteiger partial charge is 0.465 e. The number of carbonyl (C=O) groups is 2. The SMILES string of the molecule is CCCCOC(=O)[C@@H]1[C@H]2C(=O)N(Cc3ccccc3)C[C@@]23C=C[C@H]1O3. The van der Waals surface area contributed by atoms with Crippen LogP contribution in [0.3, 0.4) is 0 Å². The van der Waals surface area contributed by atoms with Gasteiger partial charge in [0.1, 0.15) is 11.5 Å². The summed E-state index contributed by atoms with van der Waals surface area (Å²) in [5, 5.41) is 0. The van der Waals surface area contributed by atoms with Gasteiger partial charge in [0.05, 0.1) is 25.2 Å². The lowest BCUT2D eigenvalue weighted by molar-refractivity contribution is -0.154. The third-order valence-corrected chi connectivity index (χ3v) is 5.41. The summed E-state index contributed by atoms with van der Waals surface area (Å²) < 4.78 is 11.5. The molecule has 5 heteroatoms. The summed E-state index contributed by atoms with van der Waals surface area (Å²) in [4.78, 5) is 27.4. The van der Waals surface area contributed by atoms with Gasteiger partial charge in [-0.3, -0.25) is 9.59 Å². The molecule has 0 aliphatic carbocycles. The number of ether oxygens (including phenoxy) is 2. The van der Waals surface area contributed by atoms with Crippen LogP contribution in [0.2, 0.25) is 0 Å². The van der Waals surface area contributed by atoms with Crippen LogP contribution < -0.4 is 0 Å². The van der Waals surface area contributed by atoms with Crippen LogP contribution in [0.4, 0.5) is 0 Å². The van der Waals surface area contributed by atoms with Gasteiger partial charge in [0.25, 0.3) is 0 Å². The first-order valence-corrected chi connectivity index (χ1v) is 9.01. The number of amides is 1. The molecule has 1 aromatic rings. The fourth-order valence-corrected chi connectivity index (χ4v) is 4.20. The van der Waals surface area contributed by atoms with Gasteiger partial charge in [-0.25, -0.2) is 0 Å². The van der Waals surface area contributed by atoms with Gasteiger partial charge < -0.3 is 14.4 Å². The molecule has 5 nitrogen and oxygen atoms in total. The molecule has 1 spiro atoms. The Balaban J connectivity index is 1.52. The summed E-state index contributed by atoms with van der Waals surface area (Å²) in [6.45, 7) is 3.49. The number of fused-ring (bicyclic) bond motifs is 1. The van der Waals surface area contributed by atoms with Crippen LogP contribution in [0.15, 0.2) is 42.5 Å². The van der Waals surface area contributed by atoms with E-state index in [1.165, 1.54) is 0 Å². The molecule has 2 saturated heterocycles. The van der Waals surface area contributed by atoms with Gasteiger partial charge in [0.2, 0.25) is 5.91 Å². The van der Waals surface area contributed by atoms with E-state index in [0.717, 1.165) is 18.4 Å². The van der Waals surface area contributed by atoms with Crippen LogP contribution in [0.5, 0.6) is 0 Å². The molecular formula is C20H23NO4. The average Bonchev–Trinajstić information content (AvgIpc) is 3.25. The fraction of sp³-hybridized carbons (Fsp3) is 0.500. The van der Waals surface area contributed by atoms with Crippen molar-refractivity contribution < 1.29 is 19.1 Å². The number of hydrogen-bond donors (Lipinski definition) is 0. The lowest BCUT2D eigenvalue weighted by Crippen LogP contribution is -2.40. The van der Waals surface area contributed by atoms with E-state index >= 15 is 0 Å². The van der Waals surface area contributed by atoms with E-state index in [9.17, 15) is 9.59 Å². The smallest absolute Gasteiger partial charge is 0.312 e. The number of esters is 1. The highest BCUT2D eigenvalue weighted by atomic mass is 16.6. The van der Waals surface area contributed by atoms with Gasteiger partial charge in [-0.2, -0.15) is 0 Å². The van der Waals surface area contributed by atoms with E-state index in [4.69, 9.17) is 9.47 Å². The van der Waals surface area contributed by atoms with Gasteiger partial charge >= 0.3 is 5.97 Å². The predicted octanol–water partition coefficient (Wildman–Crippen LogP) is 2.31. The number of benzene rings is 1. The second-order valence-electron chi connectivity index (χ2n) is 7.10. The van der Waals surface area contributed by atoms with E-state index in [0.29, 0.717) is 19.7 Å². The van der Waals surface area contributed by atoms with E-state index in [-0.39, 0.29) is 18.0 Å². The summed E-state index contributed by atoms with van der Waals surface area (Å²) in [6, 6.07) is 9.89. The summed E-state index contributed by atoms with van der Waals surface area (Å²) in [5.74, 6) is -1.28. The van der Waals surface area contributed by atoms with Crippen molar-refractivity contribution in [1.82, 2.24) is 4.90 Å². The fourth-order valence-electron chi connectivity index (χ4n) is 4.20. The summed E-state index contributed by atoms with van der Waals surface area (Å²) >= 11 is 0. The Morgan fingerprint density at radius 1 is 1.36 bits per heavy atom. The Labute approximate surface area is 147 Å². The first-order valence-electron chi connectivity index (χ1n) is 9.01. The Kier molecular flexibility index (Phi) is 4.12. The number of hydrogen-bond acceptors (Lipinski definition) is 4. The first-order chi connectivity index (χ1) is 12.1. The topological polar surface area (TPSA) is 55.8 Å². The summed E-state index contributed by atoms with van der Waals surface area (Å²) in [7, 11) is 0. The van der Waals surface area contributed by atoms with Gasteiger partial charge in [0.15, 0.2) is 0 Å². The van der Waals surface area contributed by atoms with Crippen molar-refractivity contribution in [2.45, 2.75) is 38.0 Å². The summed E-state index contributed by atoms with van der Waals surface area (Å²) in [6.07, 6.45) is 5.36. The van der Waals surface area contributed by atoms with E-state index in [2.05, 4.69) is 0 Å². The maximum Gasteiger partial charge on any atom is 0.312 e. The molecule has 4 atom stereocenters. The minimum absolute atomic E-state index is 0.00635. The molecule has 3 aliphatic heterocycles. The van der Waals surface area contributed by atoms with Crippen molar-refractivity contribution in [2.24, 2.45) is 11.8 Å². The quantitative estimate of drug-likeness (QED) is 0.453. The van der Waals surface area contributed by atoms with Crippen LogP contribution in [0, 0.1) is 11.8 Å². The number of rotatable bonds is 6. The van der Waals surface area contributed by atoms with Crippen LogP contribution in [0.25, 0.3) is 0 Å². The monoisotopic (exact) mass is 341 g/mol. The highest BCUT2D eigenvalue weighted by Crippen LogP contribution is 2.52.